The van der Waals surface area contributed by atoms with E-state index in [9.17, 15) is 8.42 Å². The number of hydrogen-bond donors (Lipinski definition) is 1. The minimum Gasteiger partial charge on any atom is -0.311 e. The summed E-state index contributed by atoms with van der Waals surface area (Å²) in [5, 5.41) is 3.33. The summed E-state index contributed by atoms with van der Waals surface area (Å²) in [4.78, 5) is 0. The van der Waals surface area contributed by atoms with Crippen LogP contribution in [-0.4, -0.2) is 55.3 Å². The highest BCUT2D eigenvalue weighted by molar-refractivity contribution is 7.86. The highest BCUT2D eigenvalue weighted by atomic mass is 35.5. The normalized spacial score (nSPS) is 37.4. The zero-order valence-corrected chi connectivity index (χ0v) is 14.5. The minimum atomic E-state index is -3.31. The summed E-state index contributed by atoms with van der Waals surface area (Å²) in [6.07, 6.45) is 1.12. The Balaban J connectivity index is 0.00000200. The molecule has 7 heteroatoms. The number of piperazine rings is 1. The van der Waals surface area contributed by atoms with E-state index in [-0.39, 0.29) is 24.5 Å². The SMILES string of the molecule is CC1CC(C)CN(S(=O)(=O)N2CC(C)NCC2C)C1.Cl. The van der Waals surface area contributed by atoms with E-state index in [2.05, 4.69) is 19.2 Å². The molecule has 0 aromatic carbocycles. The van der Waals surface area contributed by atoms with Crippen LogP contribution in [0.4, 0.5) is 0 Å². The zero-order chi connectivity index (χ0) is 14.2. The second kappa shape index (κ2) is 6.92. The van der Waals surface area contributed by atoms with Gasteiger partial charge in [0.15, 0.2) is 0 Å². The Morgan fingerprint density at radius 2 is 1.55 bits per heavy atom. The predicted octanol–water partition coefficient (Wildman–Crippen LogP) is 1.31. The van der Waals surface area contributed by atoms with Crippen molar-refractivity contribution in [2.24, 2.45) is 11.8 Å². The first-order valence-electron chi connectivity index (χ1n) is 7.31. The molecule has 120 valence electrons. The summed E-state index contributed by atoms with van der Waals surface area (Å²) in [7, 11) is -3.31. The van der Waals surface area contributed by atoms with E-state index in [1.54, 1.807) is 8.61 Å². The van der Waals surface area contributed by atoms with E-state index in [1.807, 2.05) is 13.8 Å². The van der Waals surface area contributed by atoms with Crippen LogP contribution in [0, 0.1) is 11.8 Å². The van der Waals surface area contributed by atoms with Gasteiger partial charge in [0.2, 0.25) is 0 Å². The Morgan fingerprint density at radius 3 is 2.10 bits per heavy atom. The van der Waals surface area contributed by atoms with Crippen molar-refractivity contribution in [2.45, 2.75) is 46.2 Å². The lowest BCUT2D eigenvalue weighted by atomic mass is 9.94. The molecule has 20 heavy (non-hydrogen) atoms. The molecule has 1 N–H and O–H groups in total. The van der Waals surface area contributed by atoms with Gasteiger partial charge in [-0.25, -0.2) is 0 Å². The van der Waals surface area contributed by atoms with Crippen LogP contribution in [0.2, 0.25) is 0 Å². The van der Waals surface area contributed by atoms with Gasteiger partial charge >= 0.3 is 0 Å². The number of halogens is 1. The molecule has 0 bridgehead atoms. The van der Waals surface area contributed by atoms with Gasteiger partial charge in [0.1, 0.15) is 0 Å². The van der Waals surface area contributed by atoms with Crippen LogP contribution < -0.4 is 5.32 Å². The topological polar surface area (TPSA) is 52.7 Å². The molecule has 2 fully saturated rings. The van der Waals surface area contributed by atoms with Crippen LogP contribution in [0.25, 0.3) is 0 Å². The van der Waals surface area contributed by atoms with Crippen molar-refractivity contribution in [1.29, 1.82) is 0 Å². The van der Waals surface area contributed by atoms with Crippen molar-refractivity contribution in [3.05, 3.63) is 0 Å². The molecular formula is C13H28ClN3O2S. The average Bonchev–Trinajstić information content (AvgIpc) is 2.31. The smallest absolute Gasteiger partial charge is 0.282 e. The monoisotopic (exact) mass is 325 g/mol. The molecule has 2 rings (SSSR count). The number of piperidine rings is 1. The van der Waals surface area contributed by atoms with Gasteiger partial charge < -0.3 is 5.32 Å². The fourth-order valence-corrected chi connectivity index (χ4v) is 5.38. The molecule has 2 heterocycles. The van der Waals surface area contributed by atoms with Crippen LogP contribution in [0.3, 0.4) is 0 Å². The van der Waals surface area contributed by atoms with Crippen LogP contribution in [0.1, 0.15) is 34.1 Å². The summed E-state index contributed by atoms with van der Waals surface area (Å²) in [5.74, 6) is 0.906. The second-order valence-electron chi connectivity index (χ2n) is 6.50. The Kier molecular flexibility index (Phi) is 6.29. The fourth-order valence-electron chi connectivity index (χ4n) is 3.25. The summed E-state index contributed by atoms with van der Waals surface area (Å²) >= 11 is 0. The van der Waals surface area contributed by atoms with Gasteiger partial charge in [-0.2, -0.15) is 17.0 Å². The lowest BCUT2D eigenvalue weighted by Gasteiger charge is -2.42. The molecule has 4 unspecified atom stereocenters. The maximum absolute atomic E-state index is 12.8. The summed E-state index contributed by atoms with van der Waals surface area (Å²) in [5.41, 5.74) is 0. The maximum atomic E-state index is 12.8. The molecule has 5 nitrogen and oxygen atoms in total. The molecule has 2 aliphatic rings. The van der Waals surface area contributed by atoms with Crippen molar-refractivity contribution < 1.29 is 8.42 Å². The molecule has 0 saturated carbocycles. The summed E-state index contributed by atoms with van der Waals surface area (Å²) in [6, 6.07) is 0.263. The largest absolute Gasteiger partial charge is 0.311 e. The predicted molar refractivity (Wildman–Crippen MR) is 84.3 cm³/mol. The van der Waals surface area contributed by atoms with Crippen LogP contribution in [-0.2, 0) is 10.2 Å². The average molecular weight is 326 g/mol. The van der Waals surface area contributed by atoms with Gasteiger partial charge in [0, 0.05) is 38.3 Å². The molecule has 0 spiro atoms. The maximum Gasteiger partial charge on any atom is 0.282 e. The van der Waals surface area contributed by atoms with E-state index in [0.29, 0.717) is 31.5 Å². The van der Waals surface area contributed by atoms with Crippen molar-refractivity contribution in [1.82, 2.24) is 13.9 Å². The zero-order valence-electron chi connectivity index (χ0n) is 12.9. The molecular weight excluding hydrogens is 298 g/mol. The highest BCUT2D eigenvalue weighted by Crippen LogP contribution is 2.26. The fraction of sp³-hybridized carbons (Fsp3) is 1.00. The van der Waals surface area contributed by atoms with Crippen LogP contribution >= 0.6 is 12.4 Å². The van der Waals surface area contributed by atoms with Crippen molar-refractivity contribution in [3.8, 4) is 0 Å². The van der Waals surface area contributed by atoms with Gasteiger partial charge in [-0.3, -0.25) is 0 Å². The van der Waals surface area contributed by atoms with E-state index in [1.165, 1.54) is 0 Å². The number of hydrogen-bond acceptors (Lipinski definition) is 3. The summed E-state index contributed by atoms with van der Waals surface area (Å²) < 4.78 is 29.0. The van der Waals surface area contributed by atoms with Gasteiger partial charge in [-0.1, -0.05) is 13.8 Å². The van der Waals surface area contributed by atoms with Gasteiger partial charge in [-0.05, 0) is 32.1 Å². The lowest BCUT2D eigenvalue weighted by molar-refractivity contribution is 0.184. The van der Waals surface area contributed by atoms with E-state index in [4.69, 9.17) is 0 Å². The second-order valence-corrected chi connectivity index (χ2v) is 8.38. The Labute approximate surface area is 129 Å². The first-order valence-corrected chi connectivity index (χ1v) is 8.70. The third-order valence-electron chi connectivity index (χ3n) is 4.17. The first kappa shape index (κ1) is 18.2. The van der Waals surface area contributed by atoms with Gasteiger partial charge in [0.25, 0.3) is 10.2 Å². The molecule has 0 aliphatic carbocycles. The Bertz CT molecular complexity index is 408. The molecule has 2 aliphatic heterocycles. The first-order chi connectivity index (χ1) is 8.80. The molecule has 0 aromatic rings. The van der Waals surface area contributed by atoms with E-state index >= 15 is 0 Å². The quantitative estimate of drug-likeness (QED) is 0.833. The van der Waals surface area contributed by atoms with Gasteiger partial charge in [0.05, 0.1) is 0 Å². The molecule has 0 radical (unpaired) electrons. The van der Waals surface area contributed by atoms with E-state index in [0.717, 1.165) is 13.0 Å². The van der Waals surface area contributed by atoms with Crippen molar-refractivity contribution in [2.75, 3.05) is 26.2 Å². The Hall–Kier alpha value is 0.120. The van der Waals surface area contributed by atoms with Crippen molar-refractivity contribution >= 4 is 22.6 Å². The molecule has 0 aromatic heterocycles. The lowest BCUT2D eigenvalue weighted by Crippen LogP contribution is -2.60. The van der Waals surface area contributed by atoms with Crippen LogP contribution in [0.15, 0.2) is 0 Å². The highest BCUT2D eigenvalue weighted by Gasteiger charge is 2.39. The molecule has 2 saturated heterocycles. The Morgan fingerprint density at radius 1 is 1.00 bits per heavy atom. The van der Waals surface area contributed by atoms with Crippen molar-refractivity contribution in [3.63, 3.8) is 0 Å². The summed E-state index contributed by atoms with van der Waals surface area (Å²) in [6.45, 7) is 10.9. The van der Waals surface area contributed by atoms with Gasteiger partial charge in [-0.15, -0.1) is 12.4 Å². The molecule has 0 amide bonds. The third kappa shape index (κ3) is 3.85. The van der Waals surface area contributed by atoms with E-state index < -0.39 is 10.2 Å². The number of rotatable bonds is 2. The number of nitrogens with zero attached hydrogens (tertiary/aromatic N) is 2. The number of nitrogens with one attached hydrogen (secondary N) is 1. The standard InChI is InChI=1S/C13H27N3O2S.ClH/c1-10-5-11(2)8-15(7-10)19(17,18)16-9-12(3)14-6-13(16)4;/h10-14H,5-9H2,1-4H3;1H. The molecule has 4 atom stereocenters. The minimum absolute atomic E-state index is 0. The third-order valence-corrected chi connectivity index (χ3v) is 6.22. The van der Waals surface area contributed by atoms with Crippen LogP contribution in [0.5, 0.6) is 0 Å².